The van der Waals surface area contributed by atoms with Crippen LogP contribution in [-0.4, -0.2) is 44.7 Å². The SMILES string of the molecule is Cc1ccc(-n2nnnc2SCC(=O)c2ccc3c(c2)CC(=O)N3C)cc1C. The number of hydrogen-bond acceptors (Lipinski definition) is 6. The van der Waals surface area contributed by atoms with Gasteiger partial charge in [0.15, 0.2) is 5.78 Å². The van der Waals surface area contributed by atoms with Crippen LogP contribution in [0.25, 0.3) is 5.69 Å². The van der Waals surface area contributed by atoms with Crippen LogP contribution in [0.3, 0.4) is 0 Å². The number of anilines is 1. The first-order valence-electron chi connectivity index (χ1n) is 8.85. The zero-order valence-corrected chi connectivity index (χ0v) is 16.7. The third-order valence-electron chi connectivity index (χ3n) is 4.99. The minimum atomic E-state index is -0.0237. The van der Waals surface area contributed by atoms with E-state index in [1.807, 2.05) is 37.3 Å². The Morgan fingerprint density at radius 1 is 1.14 bits per heavy atom. The van der Waals surface area contributed by atoms with Crippen molar-refractivity contribution in [1.29, 1.82) is 0 Å². The summed E-state index contributed by atoms with van der Waals surface area (Å²) in [5, 5.41) is 12.4. The molecule has 0 bridgehead atoms. The number of aromatic nitrogens is 4. The maximum absolute atomic E-state index is 12.7. The van der Waals surface area contributed by atoms with Gasteiger partial charge in [0, 0.05) is 18.3 Å². The summed E-state index contributed by atoms with van der Waals surface area (Å²) in [5.41, 5.74) is 5.57. The van der Waals surface area contributed by atoms with E-state index in [-0.39, 0.29) is 17.4 Å². The first-order chi connectivity index (χ1) is 13.4. The third-order valence-corrected chi connectivity index (χ3v) is 5.91. The first kappa shape index (κ1) is 18.4. The monoisotopic (exact) mass is 393 g/mol. The first-order valence-corrected chi connectivity index (χ1v) is 9.84. The number of Topliss-reactive ketones (excluding diaryl/α,β-unsaturated/α-hetero) is 1. The Morgan fingerprint density at radius 2 is 1.96 bits per heavy atom. The molecule has 8 heteroatoms. The van der Waals surface area contributed by atoms with Crippen LogP contribution in [0.2, 0.25) is 0 Å². The Bertz CT molecular complexity index is 1090. The van der Waals surface area contributed by atoms with Gasteiger partial charge in [-0.15, -0.1) is 5.10 Å². The van der Waals surface area contributed by atoms with Gasteiger partial charge in [0.2, 0.25) is 11.1 Å². The molecule has 2 heterocycles. The highest BCUT2D eigenvalue weighted by molar-refractivity contribution is 7.99. The topological polar surface area (TPSA) is 81.0 Å². The molecular weight excluding hydrogens is 374 g/mol. The van der Waals surface area contributed by atoms with Gasteiger partial charge in [0.05, 0.1) is 17.9 Å². The standard InChI is InChI=1S/C20H19N5O2S/c1-12-4-6-16(8-13(12)2)25-20(21-22-23-25)28-11-18(26)14-5-7-17-15(9-14)10-19(27)24(17)3/h4-9H,10-11H2,1-3H3. The van der Waals surface area contributed by atoms with Crippen LogP contribution in [0.1, 0.15) is 27.0 Å². The van der Waals surface area contributed by atoms with E-state index in [0.29, 0.717) is 17.1 Å². The summed E-state index contributed by atoms with van der Waals surface area (Å²) in [6, 6.07) is 11.4. The van der Waals surface area contributed by atoms with Crippen molar-refractivity contribution in [3.8, 4) is 5.69 Å². The number of rotatable bonds is 5. The maximum atomic E-state index is 12.7. The summed E-state index contributed by atoms with van der Waals surface area (Å²) in [6.45, 7) is 4.09. The van der Waals surface area contributed by atoms with E-state index >= 15 is 0 Å². The number of aryl methyl sites for hydroxylation is 2. The van der Waals surface area contributed by atoms with Crippen LogP contribution in [0.4, 0.5) is 5.69 Å². The average molecular weight is 393 g/mol. The van der Waals surface area contributed by atoms with E-state index in [9.17, 15) is 9.59 Å². The lowest BCUT2D eigenvalue weighted by Crippen LogP contribution is -2.20. The molecule has 0 unspecified atom stereocenters. The minimum absolute atomic E-state index is 0.0237. The molecule has 0 spiro atoms. The lowest BCUT2D eigenvalue weighted by Gasteiger charge is -2.10. The summed E-state index contributed by atoms with van der Waals surface area (Å²) < 4.78 is 1.64. The fourth-order valence-corrected chi connectivity index (χ4v) is 3.93. The number of ketones is 1. The molecule has 28 heavy (non-hydrogen) atoms. The molecule has 0 radical (unpaired) electrons. The van der Waals surface area contributed by atoms with E-state index in [0.717, 1.165) is 22.5 Å². The number of hydrogen-bond donors (Lipinski definition) is 0. The molecule has 3 aromatic rings. The van der Waals surface area contributed by atoms with Gasteiger partial charge in [-0.05, 0) is 71.3 Å². The molecule has 0 atom stereocenters. The predicted molar refractivity (Wildman–Crippen MR) is 107 cm³/mol. The van der Waals surface area contributed by atoms with Crippen molar-refractivity contribution in [3.05, 3.63) is 58.7 Å². The van der Waals surface area contributed by atoms with Gasteiger partial charge >= 0.3 is 0 Å². The van der Waals surface area contributed by atoms with Crippen molar-refractivity contribution in [1.82, 2.24) is 20.2 Å². The predicted octanol–water partition coefficient (Wildman–Crippen LogP) is 2.77. The molecule has 0 aliphatic carbocycles. The Morgan fingerprint density at radius 3 is 2.75 bits per heavy atom. The quantitative estimate of drug-likeness (QED) is 0.490. The molecule has 142 valence electrons. The highest BCUT2D eigenvalue weighted by Gasteiger charge is 2.25. The molecule has 7 nitrogen and oxygen atoms in total. The number of likely N-dealkylation sites (N-methyl/N-ethyl adjacent to an activating group) is 1. The molecule has 1 aliphatic rings. The summed E-state index contributed by atoms with van der Waals surface area (Å²) in [6.07, 6.45) is 0.338. The summed E-state index contributed by atoms with van der Waals surface area (Å²) >= 11 is 1.30. The van der Waals surface area contributed by atoms with Gasteiger partial charge in [0.25, 0.3) is 0 Å². The van der Waals surface area contributed by atoms with Crippen LogP contribution < -0.4 is 4.90 Å². The fourth-order valence-electron chi connectivity index (χ4n) is 3.15. The highest BCUT2D eigenvalue weighted by Crippen LogP contribution is 2.29. The zero-order chi connectivity index (χ0) is 19.8. The number of tetrazole rings is 1. The number of benzene rings is 2. The number of nitrogens with zero attached hydrogens (tertiary/aromatic N) is 5. The second-order valence-corrected chi connectivity index (χ2v) is 7.77. The van der Waals surface area contributed by atoms with E-state index in [1.165, 1.54) is 17.3 Å². The molecular formula is C20H19N5O2S. The number of carbonyl (C=O) groups excluding carboxylic acids is 2. The summed E-state index contributed by atoms with van der Waals surface area (Å²) in [7, 11) is 1.75. The van der Waals surface area contributed by atoms with Crippen LogP contribution >= 0.6 is 11.8 Å². The maximum Gasteiger partial charge on any atom is 0.231 e. The highest BCUT2D eigenvalue weighted by atomic mass is 32.2. The fraction of sp³-hybridized carbons (Fsp3) is 0.250. The Kier molecular flexibility index (Phi) is 4.72. The van der Waals surface area contributed by atoms with Crippen LogP contribution in [0.15, 0.2) is 41.6 Å². The molecule has 0 saturated carbocycles. The Balaban J connectivity index is 1.49. The molecule has 1 aliphatic heterocycles. The van der Waals surface area contributed by atoms with Crippen LogP contribution in [0, 0.1) is 13.8 Å². The summed E-state index contributed by atoms with van der Waals surface area (Å²) in [4.78, 5) is 26.1. The van der Waals surface area contributed by atoms with Crippen LogP contribution in [0.5, 0.6) is 0 Å². The van der Waals surface area contributed by atoms with Crippen molar-refractivity contribution in [3.63, 3.8) is 0 Å². The third kappa shape index (κ3) is 3.31. The zero-order valence-electron chi connectivity index (χ0n) is 15.8. The molecule has 0 N–H and O–H groups in total. The minimum Gasteiger partial charge on any atom is -0.315 e. The van der Waals surface area contributed by atoms with Crippen LogP contribution in [-0.2, 0) is 11.2 Å². The Hall–Kier alpha value is -3.00. The Labute approximate surface area is 166 Å². The summed E-state index contributed by atoms with van der Waals surface area (Å²) in [5.74, 6) is 0.235. The number of fused-ring (bicyclic) bond motifs is 1. The van der Waals surface area contributed by atoms with E-state index < -0.39 is 0 Å². The van der Waals surface area contributed by atoms with E-state index in [2.05, 4.69) is 22.4 Å². The molecule has 0 saturated heterocycles. The number of carbonyl (C=O) groups is 2. The molecule has 4 rings (SSSR count). The van der Waals surface area contributed by atoms with Gasteiger partial charge in [-0.25, -0.2) is 0 Å². The van der Waals surface area contributed by atoms with Gasteiger partial charge in [-0.1, -0.05) is 17.8 Å². The van der Waals surface area contributed by atoms with Gasteiger partial charge in [-0.3, -0.25) is 9.59 Å². The second kappa shape index (κ2) is 7.20. The average Bonchev–Trinajstić information content (AvgIpc) is 3.26. The lowest BCUT2D eigenvalue weighted by molar-refractivity contribution is -0.117. The molecule has 1 aromatic heterocycles. The van der Waals surface area contributed by atoms with Gasteiger partial charge in [0.1, 0.15) is 0 Å². The lowest BCUT2D eigenvalue weighted by atomic mass is 10.1. The van der Waals surface area contributed by atoms with Crippen molar-refractivity contribution in [2.24, 2.45) is 0 Å². The van der Waals surface area contributed by atoms with E-state index in [4.69, 9.17) is 0 Å². The second-order valence-electron chi connectivity index (χ2n) is 6.83. The van der Waals surface area contributed by atoms with Crippen molar-refractivity contribution in [2.45, 2.75) is 25.4 Å². The number of thioether (sulfide) groups is 1. The molecule has 2 aromatic carbocycles. The van der Waals surface area contributed by atoms with Crippen molar-refractivity contribution < 1.29 is 9.59 Å². The smallest absolute Gasteiger partial charge is 0.231 e. The largest absolute Gasteiger partial charge is 0.315 e. The molecule has 0 fully saturated rings. The van der Waals surface area contributed by atoms with Crippen molar-refractivity contribution >= 4 is 29.1 Å². The number of amides is 1. The van der Waals surface area contributed by atoms with Crippen molar-refractivity contribution in [2.75, 3.05) is 17.7 Å². The molecule has 1 amide bonds. The van der Waals surface area contributed by atoms with E-state index in [1.54, 1.807) is 22.7 Å². The normalized spacial score (nSPS) is 13.1. The van der Waals surface area contributed by atoms with Gasteiger partial charge in [-0.2, -0.15) is 4.68 Å². The van der Waals surface area contributed by atoms with Gasteiger partial charge < -0.3 is 4.90 Å².